The summed E-state index contributed by atoms with van der Waals surface area (Å²) >= 11 is 13.2. The summed E-state index contributed by atoms with van der Waals surface area (Å²) < 4.78 is 6.09. The van der Waals surface area contributed by atoms with Gasteiger partial charge in [-0.1, -0.05) is 53.5 Å². The van der Waals surface area contributed by atoms with Gasteiger partial charge in [0.05, 0.1) is 22.9 Å². The number of carbonyl (C=O) groups excluding carboxylic acids is 3. The van der Waals surface area contributed by atoms with Crippen LogP contribution in [0.5, 0.6) is 5.75 Å². The van der Waals surface area contributed by atoms with Crippen LogP contribution in [0.2, 0.25) is 10.0 Å². The number of nitrogens with zero attached hydrogens (tertiary/aromatic N) is 4. The highest BCUT2D eigenvalue weighted by molar-refractivity contribution is 6.38. The van der Waals surface area contributed by atoms with Crippen LogP contribution in [-0.2, 0) is 21.0 Å². The van der Waals surface area contributed by atoms with Crippen molar-refractivity contribution in [2.75, 3.05) is 23.4 Å². The lowest BCUT2D eigenvalue weighted by molar-refractivity contribution is -0.122. The summed E-state index contributed by atoms with van der Waals surface area (Å²) in [6, 6.07) is 23.5. The Balaban J connectivity index is 1.19. The molecule has 5 aromatic rings. The zero-order valence-electron chi connectivity index (χ0n) is 25.9. The number of fused-ring (bicyclic) bond motifs is 1. The number of rotatable bonds is 10. The molecule has 9 nitrogen and oxygen atoms in total. The molecule has 0 saturated heterocycles. The second kappa shape index (κ2) is 14.9. The molecule has 0 unspecified atom stereocenters. The third-order valence-corrected chi connectivity index (χ3v) is 8.10. The number of benzene rings is 3. The summed E-state index contributed by atoms with van der Waals surface area (Å²) in [5.41, 5.74) is 4.64. The topological polar surface area (TPSA) is 105 Å². The van der Waals surface area contributed by atoms with E-state index in [1.807, 2.05) is 37.3 Å². The van der Waals surface area contributed by atoms with Crippen LogP contribution in [0.1, 0.15) is 23.7 Å². The monoisotopic (exact) mass is 667 g/mol. The first-order chi connectivity index (χ1) is 22.6. The Morgan fingerprint density at radius 1 is 0.915 bits per heavy atom. The molecule has 2 heterocycles. The molecule has 0 spiro atoms. The van der Waals surface area contributed by atoms with Gasteiger partial charge in [-0.15, -0.1) is 0 Å². The van der Waals surface area contributed by atoms with Crippen LogP contribution in [0.15, 0.2) is 97.3 Å². The summed E-state index contributed by atoms with van der Waals surface area (Å²) in [7, 11) is 1.57. The van der Waals surface area contributed by atoms with E-state index in [4.69, 9.17) is 27.9 Å². The SMILES string of the molecule is CC(=O)N(c1ccncc1)c1ccc(C=CC(=O)NCC(=O)N(C)c2ccc(Cl)c(COc3cccc4ccc(C)nc34)c2Cl)cc1. The Morgan fingerprint density at radius 3 is 2.36 bits per heavy atom. The Kier molecular flexibility index (Phi) is 10.5. The fraction of sp³-hybridized carbons (Fsp3) is 0.139. The van der Waals surface area contributed by atoms with Gasteiger partial charge in [0.2, 0.25) is 17.7 Å². The maximum absolute atomic E-state index is 13.0. The largest absolute Gasteiger partial charge is 0.487 e. The number of ether oxygens (including phenoxy) is 1. The number of likely N-dealkylation sites (N-methyl/N-ethyl adjacent to an activating group) is 1. The van der Waals surface area contributed by atoms with E-state index in [0.29, 0.717) is 33.4 Å². The fourth-order valence-electron chi connectivity index (χ4n) is 4.85. The third-order valence-electron chi connectivity index (χ3n) is 7.32. The second-order valence-electron chi connectivity index (χ2n) is 10.6. The summed E-state index contributed by atoms with van der Waals surface area (Å²) in [5, 5.41) is 4.20. The van der Waals surface area contributed by atoms with Crippen LogP contribution >= 0.6 is 23.2 Å². The van der Waals surface area contributed by atoms with Gasteiger partial charge in [-0.2, -0.15) is 0 Å². The molecule has 0 aliphatic heterocycles. The second-order valence-corrected chi connectivity index (χ2v) is 11.4. The number of aromatic nitrogens is 2. The summed E-state index contributed by atoms with van der Waals surface area (Å²) in [6.45, 7) is 3.19. The molecule has 0 fully saturated rings. The highest BCUT2D eigenvalue weighted by atomic mass is 35.5. The number of carbonyl (C=O) groups is 3. The molecule has 0 atom stereocenters. The number of nitrogens with one attached hydrogen (secondary N) is 1. The Morgan fingerprint density at radius 2 is 1.64 bits per heavy atom. The zero-order valence-corrected chi connectivity index (χ0v) is 27.4. The van der Waals surface area contributed by atoms with Crippen molar-refractivity contribution in [3.05, 3.63) is 124 Å². The van der Waals surface area contributed by atoms with E-state index in [-0.39, 0.29) is 30.0 Å². The molecule has 2 aromatic heterocycles. The average Bonchev–Trinajstić information content (AvgIpc) is 3.07. The smallest absolute Gasteiger partial charge is 0.246 e. The van der Waals surface area contributed by atoms with E-state index in [2.05, 4.69) is 15.3 Å². The number of amides is 3. The molecule has 47 heavy (non-hydrogen) atoms. The Hall–Kier alpha value is -5.25. The van der Waals surface area contributed by atoms with Crippen molar-refractivity contribution in [3.8, 4) is 5.75 Å². The normalized spacial score (nSPS) is 11.0. The maximum atomic E-state index is 13.0. The quantitative estimate of drug-likeness (QED) is 0.157. The van der Waals surface area contributed by atoms with Crippen molar-refractivity contribution >= 4 is 75.0 Å². The fourth-order valence-corrected chi connectivity index (χ4v) is 5.45. The van der Waals surface area contributed by atoms with Crippen molar-refractivity contribution < 1.29 is 19.1 Å². The summed E-state index contributed by atoms with van der Waals surface area (Å²) in [6.07, 6.45) is 6.19. The first kappa shape index (κ1) is 33.1. The predicted octanol–water partition coefficient (Wildman–Crippen LogP) is 7.30. The van der Waals surface area contributed by atoms with Gasteiger partial charge in [0.15, 0.2) is 0 Å². The number of para-hydroxylation sites is 1. The van der Waals surface area contributed by atoms with E-state index in [0.717, 1.165) is 22.2 Å². The number of pyridine rings is 2. The highest BCUT2D eigenvalue weighted by Crippen LogP contribution is 2.35. The van der Waals surface area contributed by atoms with Gasteiger partial charge in [-0.3, -0.25) is 24.3 Å². The minimum Gasteiger partial charge on any atom is -0.487 e. The lowest BCUT2D eigenvalue weighted by Crippen LogP contribution is -2.37. The van der Waals surface area contributed by atoms with Crippen molar-refractivity contribution in [1.82, 2.24) is 15.3 Å². The summed E-state index contributed by atoms with van der Waals surface area (Å²) in [5.74, 6) is -0.399. The Bertz CT molecular complexity index is 1970. The molecular formula is C36H31Cl2N5O4. The lowest BCUT2D eigenvalue weighted by Gasteiger charge is -2.21. The molecular weight excluding hydrogens is 637 g/mol. The van der Waals surface area contributed by atoms with Crippen LogP contribution < -0.4 is 19.9 Å². The number of anilines is 3. The van der Waals surface area contributed by atoms with Crippen molar-refractivity contribution in [2.24, 2.45) is 0 Å². The zero-order chi connectivity index (χ0) is 33.5. The van der Waals surface area contributed by atoms with Gasteiger partial charge in [-0.05, 0) is 67.1 Å². The van der Waals surface area contributed by atoms with Crippen LogP contribution in [-0.4, -0.2) is 41.3 Å². The van der Waals surface area contributed by atoms with Crippen LogP contribution in [0, 0.1) is 6.92 Å². The Labute approximate surface area is 282 Å². The van der Waals surface area contributed by atoms with Crippen LogP contribution in [0.25, 0.3) is 17.0 Å². The maximum Gasteiger partial charge on any atom is 0.246 e. The molecule has 3 aromatic carbocycles. The number of halogens is 2. The van der Waals surface area contributed by atoms with Gasteiger partial charge < -0.3 is 15.0 Å². The molecule has 0 aliphatic rings. The number of hydrogen-bond donors (Lipinski definition) is 1. The average molecular weight is 669 g/mol. The standard InChI is InChI=1S/C36H31Cl2N5O4/c1-23-7-11-26-5-4-6-32(36(26)41-23)47-22-29-30(37)14-15-31(35(29)38)42(3)34(46)21-40-33(45)16-10-25-8-12-27(13-9-25)43(24(2)44)28-17-19-39-20-18-28/h4-20H,21-22H2,1-3H3,(H,40,45). The van der Waals surface area contributed by atoms with Gasteiger partial charge in [0, 0.05) is 59.8 Å². The minimum absolute atomic E-state index is 0.0568. The van der Waals surface area contributed by atoms with Crippen LogP contribution in [0.3, 0.4) is 0 Å². The van der Waals surface area contributed by atoms with E-state index in [1.54, 1.807) is 78.9 Å². The van der Waals surface area contributed by atoms with Gasteiger partial charge in [-0.25, -0.2) is 4.98 Å². The first-order valence-electron chi connectivity index (χ1n) is 14.6. The van der Waals surface area contributed by atoms with Gasteiger partial charge in [0.25, 0.3) is 0 Å². The van der Waals surface area contributed by atoms with Gasteiger partial charge in [0.1, 0.15) is 17.9 Å². The number of hydrogen-bond acceptors (Lipinski definition) is 6. The van der Waals surface area contributed by atoms with Crippen molar-refractivity contribution in [1.29, 1.82) is 0 Å². The molecule has 238 valence electrons. The highest BCUT2D eigenvalue weighted by Gasteiger charge is 2.19. The molecule has 0 bridgehead atoms. The van der Waals surface area contributed by atoms with Gasteiger partial charge >= 0.3 is 0 Å². The molecule has 0 aliphatic carbocycles. The van der Waals surface area contributed by atoms with Crippen molar-refractivity contribution in [3.63, 3.8) is 0 Å². The third kappa shape index (κ3) is 7.95. The molecule has 0 saturated carbocycles. The van der Waals surface area contributed by atoms with Crippen LogP contribution in [0.4, 0.5) is 17.1 Å². The molecule has 11 heteroatoms. The first-order valence-corrected chi connectivity index (χ1v) is 15.4. The van der Waals surface area contributed by atoms with E-state index in [1.165, 1.54) is 17.9 Å². The molecule has 0 radical (unpaired) electrons. The summed E-state index contributed by atoms with van der Waals surface area (Å²) in [4.78, 5) is 49.4. The lowest BCUT2D eigenvalue weighted by atomic mass is 10.1. The molecule has 1 N–H and O–H groups in total. The molecule has 3 amide bonds. The van der Waals surface area contributed by atoms with E-state index >= 15 is 0 Å². The van der Waals surface area contributed by atoms with E-state index in [9.17, 15) is 14.4 Å². The number of aryl methyl sites for hydroxylation is 1. The predicted molar refractivity (Wildman–Crippen MR) is 186 cm³/mol. The minimum atomic E-state index is -0.451. The van der Waals surface area contributed by atoms with Crippen molar-refractivity contribution in [2.45, 2.75) is 20.5 Å². The molecule has 5 rings (SSSR count). The van der Waals surface area contributed by atoms with E-state index < -0.39 is 5.91 Å².